The van der Waals surface area contributed by atoms with Crippen molar-refractivity contribution in [1.82, 2.24) is 0 Å². The number of aromatic carboxylic acids is 2. The largest absolute Gasteiger partial charge is 0.545 e. The molecule has 1 aromatic carbocycles. The second-order valence-electron chi connectivity index (χ2n) is 5.96. The number of carbonyl (C=O) groups is 2. The molecular weight excluding hydrogens is 296 g/mol. The predicted molar refractivity (Wildman–Crippen MR) is 82.9 cm³/mol. The van der Waals surface area contributed by atoms with Crippen molar-refractivity contribution in [3.63, 3.8) is 0 Å². The molecule has 0 heterocycles. The summed E-state index contributed by atoms with van der Waals surface area (Å²) in [4.78, 5) is 22.6. The van der Waals surface area contributed by atoms with Gasteiger partial charge in [0.1, 0.15) is 0 Å². The molecule has 23 heavy (non-hydrogen) atoms. The number of unbranched alkanes of at least 4 members (excludes halogenated alkanes) is 1. The van der Waals surface area contributed by atoms with E-state index >= 15 is 0 Å². The van der Waals surface area contributed by atoms with Crippen molar-refractivity contribution >= 4 is 11.9 Å². The fourth-order valence-corrected chi connectivity index (χ4v) is 2.94. The van der Waals surface area contributed by atoms with E-state index in [1.165, 1.54) is 6.07 Å². The number of hydrogen-bond acceptors (Lipinski definition) is 5. The second kappa shape index (κ2) is 9.30. The molecule has 0 bridgehead atoms. The minimum absolute atomic E-state index is 0.0406. The summed E-state index contributed by atoms with van der Waals surface area (Å²) in [5.41, 5.74) is -0.0837. The Morgan fingerprint density at radius 2 is 1.74 bits per heavy atom. The molecule has 0 aromatic heterocycles. The Balaban J connectivity index is 3.04. The summed E-state index contributed by atoms with van der Waals surface area (Å²) in [5.74, 6) is -3.03. The quantitative estimate of drug-likeness (QED) is 0.654. The summed E-state index contributed by atoms with van der Waals surface area (Å²) in [6.07, 6.45) is 4.42. The fourth-order valence-electron chi connectivity index (χ4n) is 2.94. The van der Waals surface area contributed by atoms with Crippen molar-refractivity contribution in [1.29, 1.82) is 0 Å². The number of aliphatic hydroxyl groups is 1. The summed E-state index contributed by atoms with van der Waals surface area (Å²) < 4.78 is 0. The predicted octanol–water partition coefficient (Wildman–Crippen LogP) is 1.24. The summed E-state index contributed by atoms with van der Waals surface area (Å²) in [6, 6.07) is 4.44. The van der Waals surface area contributed by atoms with Crippen LogP contribution in [0.5, 0.6) is 0 Å². The van der Waals surface area contributed by atoms with E-state index < -0.39 is 11.9 Å². The molecule has 2 unspecified atom stereocenters. The standard InChI is InChI=1S/C18H26O5/c1-3-7-13(9-5-4-8-12(2)19)14-10-6-11-15(17(20)21)16(14)18(22)23/h6,10-13,19H,3-5,7-9H2,1-2H3,(H,20,21)(H,22,23)/p-2. The number of carboxylic acids is 2. The zero-order valence-corrected chi connectivity index (χ0v) is 13.7. The van der Waals surface area contributed by atoms with Gasteiger partial charge in [0.25, 0.3) is 0 Å². The van der Waals surface area contributed by atoms with Crippen LogP contribution in [0.25, 0.3) is 0 Å². The summed E-state index contributed by atoms with van der Waals surface area (Å²) in [7, 11) is 0. The van der Waals surface area contributed by atoms with Gasteiger partial charge in [0.15, 0.2) is 0 Å². The van der Waals surface area contributed by atoms with Gasteiger partial charge in [0, 0.05) is 11.1 Å². The van der Waals surface area contributed by atoms with Gasteiger partial charge in [-0.2, -0.15) is 0 Å². The zero-order chi connectivity index (χ0) is 17.4. The highest BCUT2D eigenvalue weighted by atomic mass is 16.4. The maximum Gasteiger partial charge on any atom is 0.0724 e. The van der Waals surface area contributed by atoms with Gasteiger partial charge < -0.3 is 24.9 Å². The van der Waals surface area contributed by atoms with E-state index in [2.05, 4.69) is 0 Å². The monoisotopic (exact) mass is 320 g/mol. The van der Waals surface area contributed by atoms with Crippen LogP contribution < -0.4 is 10.2 Å². The Morgan fingerprint density at radius 3 is 2.26 bits per heavy atom. The third-order valence-electron chi connectivity index (χ3n) is 4.02. The Hall–Kier alpha value is -1.88. The first-order chi connectivity index (χ1) is 10.9. The maximum absolute atomic E-state index is 11.4. The number of carboxylic acid groups (broad SMARTS) is 2. The molecule has 2 atom stereocenters. The Labute approximate surface area is 137 Å². The number of rotatable bonds is 10. The minimum Gasteiger partial charge on any atom is -0.545 e. The van der Waals surface area contributed by atoms with E-state index in [4.69, 9.17) is 0 Å². The number of benzene rings is 1. The molecule has 0 saturated heterocycles. The second-order valence-corrected chi connectivity index (χ2v) is 5.96. The molecule has 0 fully saturated rings. The van der Waals surface area contributed by atoms with Gasteiger partial charge in [-0.25, -0.2) is 0 Å². The molecule has 0 amide bonds. The Morgan fingerprint density at radius 1 is 1.09 bits per heavy atom. The molecule has 0 radical (unpaired) electrons. The molecule has 1 rings (SSSR count). The van der Waals surface area contributed by atoms with Gasteiger partial charge in [0.05, 0.1) is 18.0 Å². The molecule has 128 valence electrons. The molecular formula is C18H24O5-2. The van der Waals surface area contributed by atoms with E-state index in [1.807, 2.05) is 6.92 Å². The van der Waals surface area contributed by atoms with Crippen LogP contribution >= 0.6 is 0 Å². The Kier molecular flexibility index (Phi) is 7.75. The third kappa shape index (κ3) is 5.67. The molecule has 0 spiro atoms. The minimum atomic E-state index is -1.50. The van der Waals surface area contributed by atoms with Gasteiger partial charge in [-0.15, -0.1) is 0 Å². The SMILES string of the molecule is CCCC(CCCCC(C)O)c1cccc(C(=O)[O-])c1C(=O)[O-]. The van der Waals surface area contributed by atoms with Gasteiger partial charge in [0.2, 0.25) is 0 Å². The highest BCUT2D eigenvalue weighted by Crippen LogP contribution is 2.31. The first-order valence-corrected chi connectivity index (χ1v) is 8.12. The molecule has 0 aliphatic carbocycles. The third-order valence-corrected chi connectivity index (χ3v) is 4.02. The van der Waals surface area contributed by atoms with E-state index in [0.29, 0.717) is 12.0 Å². The first-order valence-electron chi connectivity index (χ1n) is 8.12. The molecule has 0 aliphatic rings. The molecule has 0 aliphatic heterocycles. The smallest absolute Gasteiger partial charge is 0.0724 e. The highest BCUT2D eigenvalue weighted by Gasteiger charge is 2.18. The van der Waals surface area contributed by atoms with Crippen molar-refractivity contribution in [2.24, 2.45) is 0 Å². The first kappa shape index (κ1) is 19.2. The van der Waals surface area contributed by atoms with Crippen molar-refractivity contribution in [2.75, 3.05) is 0 Å². The van der Waals surface area contributed by atoms with Crippen molar-refractivity contribution < 1.29 is 24.9 Å². The van der Waals surface area contributed by atoms with Crippen LogP contribution in [0.15, 0.2) is 18.2 Å². The lowest BCUT2D eigenvalue weighted by molar-refractivity contribution is -0.259. The number of carbonyl (C=O) groups excluding carboxylic acids is 2. The van der Waals surface area contributed by atoms with Crippen molar-refractivity contribution in [3.8, 4) is 0 Å². The van der Waals surface area contributed by atoms with E-state index in [9.17, 15) is 24.9 Å². The van der Waals surface area contributed by atoms with E-state index in [1.54, 1.807) is 19.1 Å². The number of aliphatic hydroxyl groups excluding tert-OH is 1. The van der Waals surface area contributed by atoms with Crippen molar-refractivity contribution in [3.05, 3.63) is 34.9 Å². The topological polar surface area (TPSA) is 100 Å². The van der Waals surface area contributed by atoms with Gasteiger partial charge in [-0.05, 0) is 37.7 Å². The van der Waals surface area contributed by atoms with Gasteiger partial charge >= 0.3 is 0 Å². The normalized spacial score (nSPS) is 13.5. The molecule has 1 aromatic rings. The Bertz CT molecular complexity index is 536. The zero-order valence-electron chi connectivity index (χ0n) is 13.7. The maximum atomic E-state index is 11.4. The van der Waals surface area contributed by atoms with Crippen LogP contribution in [-0.4, -0.2) is 23.1 Å². The highest BCUT2D eigenvalue weighted by molar-refractivity contribution is 6.01. The molecule has 5 heteroatoms. The van der Waals surface area contributed by atoms with E-state index in [0.717, 1.165) is 32.1 Å². The van der Waals surface area contributed by atoms with Gasteiger partial charge in [-0.3, -0.25) is 0 Å². The van der Waals surface area contributed by atoms with Crippen molar-refractivity contribution in [2.45, 2.75) is 64.4 Å². The lowest BCUT2D eigenvalue weighted by Gasteiger charge is -2.23. The summed E-state index contributed by atoms with van der Waals surface area (Å²) >= 11 is 0. The van der Waals surface area contributed by atoms with Crippen LogP contribution in [0.4, 0.5) is 0 Å². The van der Waals surface area contributed by atoms with Crippen LogP contribution in [0.3, 0.4) is 0 Å². The summed E-state index contributed by atoms with van der Waals surface area (Å²) in [6.45, 7) is 3.74. The lowest BCUT2D eigenvalue weighted by Crippen LogP contribution is -2.31. The molecule has 5 nitrogen and oxygen atoms in total. The average Bonchev–Trinajstić information content (AvgIpc) is 2.49. The van der Waals surface area contributed by atoms with Crippen LogP contribution in [0.1, 0.15) is 84.6 Å². The van der Waals surface area contributed by atoms with Crippen LogP contribution in [-0.2, 0) is 0 Å². The summed E-state index contributed by atoms with van der Waals surface area (Å²) in [5, 5.41) is 31.9. The van der Waals surface area contributed by atoms with Crippen LogP contribution in [0, 0.1) is 0 Å². The number of hydrogen-bond donors (Lipinski definition) is 1. The molecule has 1 N–H and O–H groups in total. The lowest BCUT2D eigenvalue weighted by atomic mass is 9.84. The molecule has 0 saturated carbocycles. The van der Waals surface area contributed by atoms with E-state index in [-0.39, 0.29) is 23.1 Å². The van der Waals surface area contributed by atoms with Crippen LogP contribution in [0.2, 0.25) is 0 Å². The average molecular weight is 320 g/mol. The van der Waals surface area contributed by atoms with Gasteiger partial charge in [-0.1, -0.05) is 44.4 Å². The fraction of sp³-hybridized carbons (Fsp3) is 0.556.